The molecule has 0 aliphatic rings. The smallest absolute Gasteiger partial charge is 0.507 e. The van der Waals surface area contributed by atoms with E-state index in [1.807, 2.05) is 0 Å². The highest BCUT2D eigenvalue weighted by atomic mass is 19.1. The molecule has 0 radical (unpaired) electrons. The van der Waals surface area contributed by atoms with Gasteiger partial charge in [0.05, 0.1) is 0 Å². The average molecular weight is 190 g/mol. The van der Waals surface area contributed by atoms with Gasteiger partial charge >= 0.3 is 7.32 Å². The maximum atomic E-state index is 12.8. The first kappa shape index (κ1) is 9.75. The largest absolute Gasteiger partial charge is 0.707 e. The minimum absolute atomic E-state index is 0.732. The van der Waals surface area contributed by atoms with Gasteiger partial charge in [-0.15, -0.1) is 0 Å². The van der Waals surface area contributed by atoms with Crippen molar-refractivity contribution in [3.8, 4) is 11.5 Å². The number of hydrogen-bond donors (Lipinski definition) is 3. The number of rotatable bonds is 2. The molecule has 0 bridgehead atoms. The second-order valence-corrected chi connectivity index (χ2v) is 2.15. The van der Waals surface area contributed by atoms with Crippen molar-refractivity contribution in [3.05, 3.63) is 23.8 Å². The van der Waals surface area contributed by atoms with E-state index >= 15 is 0 Å². The molecule has 3 N–H and O–H groups in total. The van der Waals surface area contributed by atoms with Crippen LogP contribution in [0.15, 0.2) is 12.1 Å². The van der Waals surface area contributed by atoms with Gasteiger partial charge in [-0.05, 0) is 12.1 Å². The molecular weight excluding hydrogens is 185 g/mol. The van der Waals surface area contributed by atoms with E-state index in [9.17, 15) is 8.78 Å². The molecule has 0 spiro atoms. The van der Waals surface area contributed by atoms with Crippen LogP contribution in [0, 0.1) is 11.6 Å². The van der Waals surface area contributed by atoms with Crippen molar-refractivity contribution in [2.75, 3.05) is 0 Å². The van der Waals surface area contributed by atoms with Gasteiger partial charge in [-0.3, -0.25) is 0 Å². The molecule has 0 saturated carbocycles. The third-order valence-corrected chi connectivity index (χ3v) is 1.25. The van der Waals surface area contributed by atoms with Crippen LogP contribution in [-0.2, 0) is 0 Å². The van der Waals surface area contributed by atoms with E-state index in [0.717, 1.165) is 12.1 Å². The van der Waals surface area contributed by atoms with E-state index in [2.05, 4.69) is 4.65 Å². The van der Waals surface area contributed by atoms with E-state index in [-0.39, 0.29) is 0 Å². The highest BCUT2D eigenvalue weighted by Crippen LogP contribution is 2.28. The summed E-state index contributed by atoms with van der Waals surface area (Å²) in [6, 6.07) is 1.51. The Morgan fingerprint density at radius 1 is 1.23 bits per heavy atom. The van der Waals surface area contributed by atoms with E-state index in [0.29, 0.717) is 0 Å². The standard InChI is InChI=1S/C6H5BF2O4/c8-3-1-2-4(10)5(9)6(3)13-7(11)12/h1-2,10-12H. The molecule has 0 amide bonds. The summed E-state index contributed by atoms with van der Waals surface area (Å²) in [5.74, 6) is -4.39. The van der Waals surface area contributed by atoms with Gasteiger partial charge in [-0.2, -0.15) is 4.39 Å². The molecule has 0 aliphatic carbocycles. The number of phenols is 1. The Bertz CT molecular complexity index is 318. The van der Waals surface area contributed by atoms with Gasteiger partial charge in [0.2, 0.25) is 5.82 Å². The zero-order valence-electron chi connectivity index (χ0n) is 6.24. The molecule has 1 aromatic rings. The third kappa shape index (κ3) is 2.07. The Morgan fingerprint density at radius 3 is 2.38 bits per heavy atom. The van der Waals surface area contributed by atoms with Gasteiger partial charge < -0.3 is 19.8 Å². The fraction of sp³-hybridized carbons (Fsp3) is 0. The first-order valence-corrected chi connectivity index (χ1v) is 3.22. The molecule has 1 aromatic carbocycles. The Hall–Kier alpha value is -1.34. The van der Waals surface area contributed by atoms with E-state index in [4.69, 9.17) is 15.2 Å². The Labute approximate surface area is 72.2 Å². The molecule has 1 rings (SSSR count). The lowest BCUT2D eigenvalue weighted by molar-refractivity contribution is 0.271. The van der Waals surface area contributed by atoms with E-state index in [1.54, 1.807) is 0 Å². The quantitative estimate of drug-likeness (QED) is 0.574. The normalized spacial score (nSPS) is 9.85. The van der Waals surface area contributed by atoms with Crippen LogP contribution in [-0.4, -0.2) is 22.5 Å². The van der Waals surface area contributed by atoms with Gasteiger partial charge in [0.15, 0.2) is 17.3 Å². The first-order valence-electron chi connectivity index (χ1n) is 3.22. The SMILES string of the molecule is OB(O)Oc1c(F)ccc(O)c1F. The predicted octanol–water partition coefficient (Wildman–Crippen LogP) is 0.0187. The van der Waals surface area contributed by atoms with Crippen LogP contribution in [0.25, 0.3) is 0 Å². The molecule has 0 atom stereocenters. The van der Waals surface area contributed by atoms with Crippen molar-refractivity contribution in [2.24, 2.45) is 0 Å². The highest BCUT2D eigenvalue weighted by molar-refractivity contribution is 6.33. The van der Waals surface area contributed by atoms with Crippen LogP contribution < -0.4 is 4.65 Å². The fourth-order valence-corrected chi connectivity index (χ4v) is 0.736. The second-order valence-electron chi connectivity index (χ2n) is 2.15. The van der Waals surface area contributed by atoms with Crippen molar-refractivity contribution in [1.29, 1.82) is 0 Å². The molecule has 4 nitrogen and oxygen atoms in total. The van der Waals surface area contributed by atoms with Gasteiger partial charge in [0.1, 0.15) is 0 Å². The van der Waals surface area contributed by atoms with Crippen molar-refractivity contribution in [1.82, 2.24) is 0 Å². The van der Waals surface area contributed by atoms with Crippen LogP contribution in [0.1, 0.15) is 0 Å². The van der Waals surface area contributed by atoms with Gasteiger partial charge in [-0.1, -0.05) is 0 Å². The van der Waals surface area contributed by atoms with Crippen molar-refractivity contribution < 1.29 is 28.6 Å². The summed E-state index contributed by atoms with van der Waals surface area (Å²) in [6.45, 7) is 0. The lowest BCUT2D eigenvalue weighted by Crippen LogP contribution is -2.22. The number of benzene rings is 1. The summed E-state index contributed by atoms with van der Waals surface area (Å²) in [5, 5.41) is 25.3. The van der Waals surface area contributed by atoms with Gasteiger partial charge in [-0.25, -0.2) is 4.39 Å². The van der Waals surface area contributed by atoms with E-state index < -0.39 is 30.5 Å². The number of halogens is 2. The fourth-order valence-electron chi connectivity index (χ4n) is 0.736. The third-order valence-electron chi connectivity index (χ3n) is 1.25. The number of aromatic hydroxyl groups is 1. The molecule has 0 saturated heterocycles. The van der Waals surface area contributed by atoms with Crippen LogP contribution in [0.3, 0.4) is 0 Å². The number of hydrogen-bond acceptors (Lipinski definition) is 4. The maximum absolute atomic E-state index is 12.8. The molecule has 0 aliphatic heterocycles. The summed E-state index contributed by atoms with van der Waals surface area (Å²) in [7, 11) is -2.34. The van der Waals surface area contributed by atoms with Crippen LogP contribution in [0.5, 0.6) is 11.5 Å². The topological polar surface area (TPSA) is 69.9 Å². The average Bonchev–Trinajstić information content (AvgIpc) is 2.05. The van der Waals surface area contributed by atoms with Crippen molar-refractivity contribution >= 4 is 7.32 Å². The molecule has 0 heterocycles. The zero-order chi connectivity index (χ0) is 10.0. The van der Waals surface area contributed by atoms with E-state index in [1.165, 1.54) is 0 Å². The summed E-state index contributed by atoms with van der Waals surface area (Å²) < 4.78 is 29.4. The van der Waals surface area contributed by atoms with Gasteiger partial charge in [0, 0.05) is 0 Å². The minimum atomic E-state index is -2.34. The maximum Gasteiger partial charge on any atom is 0.707 e. The number of phenolic OH excluding ortho intramolecular Hbond substituents is 1. The van der Waals surface area contributed by atoms with Crippen molar-refractivity contribution in [3.63, 3.8) is 0 Å². The summed E-state index contributed by atoms with van der Waals surface area (Å²) in [6.07, 6.45) is 0. The Morgan fingerprint density at radius 2 is 1.85 bits per heavy atom. The van der Waals surface area contributed by atoms with Crippen molar-refractivity contribution in [2.45, 2.75) is 0 Å². The zero-order valence-corrected chi connectivity index (χ0v) is 6.24. The monoisotopic (exact) mass is 190 g/mol. The summed E-state index contributed by atoms with van der Waals surface area (Å²) in [5.41, 5.74) is 0. The molecule has 0 fully saturated rings. The first-order chi connectivity index (χ1) is 6.02. The Balaban J connectivity index is 3.10. The van der Waals surface area contributed by atoms with Crippen LogP contribution >= 0.6 is 0 Å². The predicted molar refractivity (Wildman–Crippen MR) is 38.8 cm³/mol. The molecule has 7 heteroatoms. The van der Waals surface area contributed by atoms with Gasteiger partial charge in [0.25, 0.3) is 0 Å². The molecule has 70 valence electrons. The molecule has 0 aromatic heterocycles. The Kier molecular flexibility index (Phi) is 2.69. The highest BCUT2D eigenvalue weighted by Gasteiger charge is 2.20. The minimum Gasteiger partial charge on any atom is -0.507 e. The van der Waals surface area contributed by atoms with Crippen LogP contribution in [0.4, 0.5) is 8.78 Å². The summed E-state index contributed by atoms with van der Waals surface area (Å²) in [4.78, 5) is 0. The van der Waals surface area contributed by atoms with Crippen LogP contribution in [0.2, 0.25) is 0 Å². The lowest BCUT2D eigenvalue weighted by Gasteiger charge is -2.07. The molecule has 13 heavy (non-hydrogen) atoms. The molecular formula is C6H5BF2O4. The summed E-state index contributed by atoms with van der Waals surface area (Å²) >= 11 is 0. The second kappa shape index (κ2) is 3.59. The molecule has 0 unspecified atom stereocenters. The lowest BCUT2D eigenvalue weighted by atomic mass is 10.2.